The summed E-state index contributed by atoms with van der Waals surface area (Å²) in [6, 6.07) is -0.377. The molecule has 1 aliphatic rings. The van der Waals surface area contributed by atoms with E-state index in [1.807, 2.05) is 6.92 Å². The average molecular weight is 271 g/mol. The Kier molecular flexibility index (Phi) is 6.11. The average Bonchev–Trinajstić information content (AvgIpc) is 3.17. The van der Waals surface area contributed by atoms with Gasteiger partial charge >= 0.3 is 12.0 Å². The van der Waals surface area contributed by atoms with Crippen LogP contribution in [0.4, 0.5) is 4.79 Å². The van der Waals surface area contributed by atoms with Crippen LogP contribution in [0.3, 0.4) is 0 Å². The zero-order chi connectivity index (χ0) is 14.3. The molecule has 1 saturated carbocycles. The van der Waals surface area contributed by atoms with Gasteiger partial charge in [-0.1, -0.05) is 6.92 Å². The second kappa shape index (κ2) is 7.60. The highest BCUT2D eigenvalue weighted by atomic mass is 16.4. The van der Waals surface area contributed by atoms with Gasteiger partial charge in [-0.15, -0.1) is 0 Å². The number of carboxylic acid groups (broad SMARTS) is 1. The van der Waals surface area contributed by atoms with E-state index in [2.05, 4.69) is 10.6 Å². The molecule has 0 aromatic heterocycles. The van der Waals surface area contributed by atoms with Crippen LogP contribution in [-0.4, -0.2) is 53.6 Å². The van der Waals surface area contributed by atoms with Crippen molar-refractivity contribution in [3.05, 3.63) is 0 Å². The third-order valence-corrected chi connectivity index (χ3v) is 2.75. The number of carbonyl (C=O) groups excluding carboxylic acids is 2. The minimum absolute atomic E-state index is 0.0324. The summed E-state index contributed by atoms with van der Waals surface area (Å²) in [6.07, 6.45) is 2.76. The molecule has 1 fully saturated rings. The molecule has 0 unspecified atom stereocenters. The molecule has 0 aromatic rings. The number of rotatable bonds is 8. The summed E-state index contributed by atoms with van der Waals surface area (Å²) in [6.45, 7) is 2.51. The molecular formula is C12H21N3O4. The Morgan fingerprint density at radius 2 is 1.89 bits per heavy atom. The van der Waals surface area contributed by atoms with Crippen molar-refractivity contribution >= 4 is 17.9 Å². The Morgan fingerprint density at radius 1 is 1.21 bits per heavy atom. The van der Waals surface area contributed by atoms with Crippen LogP contribution >= 0.6 is 0 Å². The molecular weight excluding hydrogens is 250 g/mol. The van der Waals surface area contributed by atoms with Gasteiger partial charge in [0.1, 0.15) is 6.54 Å². The molecule has 0 atom stereocenters. The third-order valence-electron chi connectivity index (χ3n) is 2.75. The fourth-order valence-corrected chi connectivity index (χ4v) is 1.64. The maximum atomic E-state index is 11.8. The topological polar surface area (TPSA) is 98.7 Å². The first-order valence-electron chi connectivity index (χ1n) is 6.57. The Morgan fingerprint density at radius 3 is 2.42 bits per heavy atom. The summed E-state index contributed by atoms with van der Waals surface area (Å²) in [5.41, 5.74) is 0. The Balaban J connectivity index is 2.24. The number of carbonyl (C=O) groups is 3. The summed E-state index contributed by atoms with van der Waals surface area (Å²) < 4.78 is 0. The lowest BCUT2D eigenvalue weighted by Crippen LogP contribution is -2.45. The van der Waals surface area contributed by atoms with E-state index in [4.69, 9.17) is 5.11 Å². The van der Waals surface area contributed by atoms with E-state index >= 15 is 0 Å². The van der Waals surface area contributed by atoms with Crippen molar-refractivity contribution in [2.75, 3.05) is 19.6 Å². The standard InChI is InChI=1S/C12H21N3O4/c1-2-6-13-10(16)5-7-14-12(19)15(8-11(17)18)9-3-4-9/h9H,2-8H2,1H3,(H,13,16)(H,14,19)(H,17,18). The van der Waals surface area contributed by atoms with Gasteiger partial charge in [0.05, 0.1) is 0 Å². The van der Waals surface area contributed by atoms with Gasteiger partial charge in [0.2, 0.25) is 5.91 Å². The van der Waals surface area contributed by atoms with E-state index in [-0.39, 0.29) is 31.5 Å². The zero-order valence-corrected chi connectivity index (χ0v) is 11.1. The molecule has 1 aliphatic carbocycles. The van der Waals surface area contributed by atoms with Gasteiger partial charge in [0.15, 0.2) is 0 Å². The van der Waals surface area contributed by atoms with E-state index in [0.29, 0.717) is 6.54 Å². The maximum absolute atomic E-state index is 11.8. The van der Waals surface area contributed by atoms with E-state index in [0.717, 1.165) is 19.3 Å². The van der Waals surface area contributed by atoms with Crippen LogP contribution < -0.4 is 10.6 Å². The van der Waals surface area contributed by atoms with Gasteiger partial charge in [0, 0.05) is 25.6 Å². The van der Waals surface area contributed by atoms with Gasteiger partial charge in [0.25, 0.3) is 0 Å². The summed E-state index contributed by atoms with van der Waals surface area (Å²) in [5, 5.41) is 14.0. The van der Waals surface area contributed by atoms with Crippen LogP contribution in [0.5, 0.6) is 0 Å². The van der Waals surface area contributed by atoms with Crippen molar-refractivity contribution in [2.24, 2.45) is 0 Å². The second-order valence-electron chi connectivity index (χ2n) is 4.58. The molecule has 0 spiro atoms. The van der Waals surface area contributed by atoms with E-state index in [9.17, 15) is 14.4 Å². The molecule has 19 heavy (non-hydrogen) atoms. The lowest BCUT2D eigenvalue weighted by atomic mass is 10.3. The van der Waals surface area contributed by atoms with Crippen LogP contribution in [0.15, 0.2) is 0 Å². The van der Waals surface area contributed by atoms with Gasteiger partial charge in [-0.3, -0.25) is 9.59 Å². The zero-order valence-electron chi connectivity index (χ0n) is 11.1. The molecule has 0 radical (unpaired) electrons. The highest BCUT2D eigenvalue weighted by molar-refractivity contribution is 5.81. The summed E-state index contributed by atoms with van der Waals surface area (Å²) in [7, 11) is 0. The summed E-state index contributed by atoms with van der Waals surface area (Å²) in [5.74, 6) is -1.14. The highest BCUT2D eigenvalue weighted by Crippen LogP contribution is 2.26. The van der Waals surface area contributed by atoms with Crippen LogP contribution in [0.25, 0.3) is 0 Å². The Hall–Kier alpha value is -1.79. The fraction of sp³-hybridized carbons (Fsp3) is 0.750. The SMILES string of the molecule is CCCNC(=O)CCNC(=O)N(CC(=O)O)C1CC1. The van der Waals surface area contributed by atoms with Crippen molar-refractivity contribution in [1.29, 1.82) is 0 Å². The molecule has 108 valence electrons. The molecule has 0 heterocycles. The molecule has 0 bridgehead atoms. The Bertz CT molecular complexity index is 342. The number of amides is 3. The minimum atomic E-state index is -1.03. The predicted octanol–water partition coefficient (Wildman–Crippen LogP) is 0.161. The van der Waals surface area contributed by atoms with Crippen LogP contribution in [0, 0.1) is 0 Å². The number of nitrogens with zero attached hydrogens (tertiary/aromatic N) is 1. The van der Waals surface area contributed by atoms with Crippen molar-refractivity contribution in [1.82, 2.24) is 15.5 Å². The van der Waals surface area contributed by atoms with Crippen molar-refractivity contribution < 1.29 is 19.5 Å². The normalized spacial score (nSPS) is 13.7. The van der Waals surface area contributed by atoms with Gasteiger partial charge in [-0.25, -0.2) is 4.79 Å². The lowest BCUT2D eigenvalue weighted by molar-refractivity contribution is -0.137. The van der Waals surface area contributed by atoms with E-state index in [1.54, 1.807) is 0 Å². The van der Waals surface area contributed by atoms with E-state index in [1.165, 1.54) is 4.90 Å². The molecule has 0 aliphatic heterocycles. The lowest BCUT2D eigenvalue weighted by Gasteiger charge is -2.20. The third kappa shape index (κ3) is 6.08. The molecule has 7 heteroatoms. The Labute approximate surface area is 112 Å². The maximum Gasteiger partial charge on any atom is 0.323 e. The van der Waals surface area contributed by atoms with Crippen molar-refractivity contribution in [3.63, 3.8) is 0 Å². The molecule has 3 amide bonds. The minimum Gasteiger partial charge on any atom is -0.480 e. The van der Waals surface area contributed by atoms with Crippen molar-refractivity contribution in [3.8, 4) is 0 Å². The quantitative estimate of drug-likeness (QED) is 0.585. The van der Waals surface area contributed by atoms with Crippen LogP contribution in [-0.2, 0) is 9.59 Å². The largest absolute Gasteiger partial charge is 0.480 e. The fourth-order valence-electron chi connectivity index (χ4n) is 1.64. The van der Waals surface area contributed by atoms with Crippen LogP contribution in [0.1, 0.15) is 32.6 Å². The van der Waals surface area contributed by atoms with Gasteiger partial charge in [-0.2, -0.15) is 0 Å². The molecule has 1 rings (SSSR count). The number of urea groups is 1. The number of hydrogen-bond donors (Lipinski definition) is 3. The molecule has 7 nitrogen and oxygen atoms in total. The van der Waals surface area contributed by atoms with E-state index < -0.39 is 12.0 Å². The van der Waals surface area contributed by atoms with Crippen LogP contribution in [0.2, 0.25) is 0 Å². The van der Waals surface area contributed by atoms with Gasteiger partial charge < -0.3 is 20.6 Å². The first kappa shape index (κ1) is 15.3. The number of aliphatic carboxylic acids is 1. The first-order valence-corrected chi connectivity index (χ1v) is 6.57. The monoisotopic (exact) mass is 271 g/mol. The van der Waals surface area contributed by atoms with Gasteiger partial charge in [-0.05, 0) is 19.3 Å². The molecule has 3 N–H and O–H groups in total. The van der Waals surface area contributed by atoms with Crippen molar-refractivity contribution in [2.45, 2.75) is 38.6 Å². The number of nitrogens with one attached hydrogen (secondary N) is 2. The molecule has 0 saturated heterocycles. The smallest absolute Gasteiger partial charge is 0.323 e. The second-order valence-corrected chi connectivity index (χ2v) is 4.58. The summed E-state index contributed by atoms with van der Waals surface area (Å²) >= 11 is 0. The number of carboxylic acids is 1. The highest BCUT2D eigenvalue weighted by Gasteiger charge is 2.33. The predicted molar refractivity (Wildman–Crippen MR) is 68.7 cm³/mol. The summed E-state index contributed by atoms with van der Waals surface area (Å²) in [4.78, 5) is 35.1. The first-order chi connectivity index (χ1) is 9.04. The molecule has 0 aromatic carbocycles. The number of hydrogen-bond acceptors (Lipinski definition) is 3.